The molecule has 0 aliphatic heterocycles. The molecule has 2 N–H and O–H groups in total. The van der Waals surface area contributed by atoms with E-state index in [9.17, 15) is 0 Å². The smallest absolute Gasteiger partial charge is 0.229 e. The van der Waals surface area contributed by atoms with Crippen LogP contribution in [0.2, 0.25) is 10.0 Å². The normalized spacial score (nSPS) is 10.6. The van der Waals surface area contributed by atoms with Crippen LogP contribution in [0.15, 0.2) is 30.5 Å². The van der Waals surface area contributed by atoms with Gasteiger partial charge in [-0.25, -0.2) is 4.98 Å². The van der Waals surface area contributed by atoms with Crippen molar-refractivity contribution in [2.45, 2.75) is 19.9 Å². The molecule has 100 valence electrons. The Labute approximate surface area is 122 Å². The lowest BCUT2D eigenvalue weighted by Crippen LogP contribution is -2.11. The molecule has 0 bridgehead atoms. The molecule has 0 atom stereocenters. The predicted molar refractivity (Wildman–Crippen MR) is 80.5 cm³/mol. The van der Waals surface area contributed by atoms with Gasteiger partial charge >= 0.3 is 0 Å². The van der Waals surface area contributed by atoms with Crippen molar-refractivity contribution in [3.8, 4) is 0 Å². The fourth-order valence-corrected chi connectivity index (χ4v) is 1.86. The Morgan fingerprint density at radius 2 is 1.95 bits per heavy atom. The van der Waals surface area contributed by atoms with Crippen molar-refractivity contribution in [3.63, 3.8) is 0 Å². The molecule has 0 fully saturated rings. The van der Waals surface area contributed by atoms with E-state index in [4.69, 9.17) is 23.2 Å². The molecule has 1 aromatic carbocycles. The van der Waals surface area contributed by atoms with Crippen LogP contribution < -0.4 is 10.6 Å². The third-order valence-corrected chi connectivity index (χ3v) is 3.11. The number of aromatic nitrogens is 2. The number of hydrogen-bond acceptors (Lipinski definition) is 4. The molecular weight excluding hydrogens is 283 g/mol. The Hall–Kier alpha value is -1.52. The molecule has 0 saturated heterocycles. The minimum atomic E-state index is 0.303. The van der Waals surface area contributed by atoms with Gasteiger partial charge in [0.2, 0.25) is 5.95 Å². The SMILES string of the molecule is CC(C)Nc1ccnc(Nc2cccc(Cl)c2Cl)n1. The molecule has 6 heteroatoms. The molecule has 0 aliphatic rings. The van der Waals surface area contributed by atoms with Crippen LogP contribution in [0.25, 0.3) is 0 Å². The lowest BCUT2D eigenvalue weighted by Gasteiger charge is -2.11. The van der Waals surface area contributed by atoms with Crippen molar-refractivity contribution in [1.29, 1.82) is 0 Å². The zero-order valence-electron chi connectivity index (χ0n) is 10.6. The number of nitrogens with one attached hydrogen (secondary N) is 2. The maximum absolute atomic E-state index is 6.10. The van der Waals surface area contributed by atoms with E-state index in [-0.39, 0.29) is 0 Å². The summed E-state index contributed by atoms with van der Waals surface area (Å²) in [7, 11) is 0. The van der Waals surface area contributed by atoms with E-state index in [1.165, 1.54) is 0 Å². The van der Waals surface area contributed by atoms with Gasteiger partial charge in [-0.2, -0.15) is 4.98 Å². The first-order chi connectivity index (χ1) is 9.06. The molecule has 0 saturated carbocycles. The average molecular weight is 297 g/mol. The fraction of sp³-hybridized carbons (Fsp3) is 0.231. The van der Waals surface area contributed by atoms with Gasteiger partial charge < -0.3 is 10.6 Å². The van der Waals surface area contributed by atoms with Gasteiger partial charge in [0.05, 0.1) is 15.7 Å². The van der Waals surface area contributed by atoms with Crippen molar-refractivity contribution >= 4 is 40.7 Å². The van der Waals surface area contributed by atoms with Gasteiger partial charge in [0, 0.05) is 12.2 Å². The van der Waals surface area contributed by atoms with E-state index in [2.05, 4.69) is 20.6 Å². The molecule has 0 spiro atoms. The molecule has 0 amide bonds. The van der Waals surface area contributed by atoms with Crippen LogP contribution in [0.5, 0.6) is 0 Å². The van der Waals surface area contributed by atoms with Gasteiger partial charge in [0.1, 0.15) is 5.82 Å². The zero-order chi connectivity index (χ0) is 13.8. The molecule has 19 heavy (non-hydrogen) atoms. The Bertz CT molecular complexity index is 572. The average Bonchev–Trinajstić information content (AvgIpc) is 2.35. The largest absolute Gasteiger partial charge is 0.368 e. The first-order valence-corrected chi connectivity index (χ1v) is 6.62. The minimum Gasteiger partial charge on any atom is -0.368 e. The standard InChI is InChI=1S/C13H14Cl2N4/c1-8(2)17-11-6-7-16-13(19-11)18-10-5-3-4-9(14)12(10)15/h3-8H,1-2H3,(H2,16,17,18,19). The Morgan fingerprint density at radius 1 is 1.16 bits per heavy atom. The monoisotopic (exact) mass is 296 g/mol. The van der Waals surface area contributed by atoms with Crippen LogP contribution in [-0.4, -0.2) is 16.0 Å². The summed E-state index contributed by atoms with van der Waals surface area (Å²) in [6, 6.07) is 7.47. The van der Waals surface area contributed by atoms with Crippen molar-refractivity contribution < 1.29 is 0 Å². The lowest BCUT2D eigenvalue weighted by molar-refractivity contribution is 0.887. The summed E-state index contributed by atoms with van der Waals surface area (Å²) in [6.07, 6.45) is 1.68. The highest BCUT2D eigenvalue weighted by Crippen LogP contribution is 2.30. The summed E-state index contributed by atoms with van der Waals surface area (Å²) in [6.45, 7) is 4.09. The van der Waals surface area contributed by atoms with Crippen LogP contribution in [0.4, 0.5) is 17.5 Å². The maximum Gasteiger partial charge on any atom is 0.229 e. The zero-order valence-corrected chi connectivity index (χ0v) is 12.1. The second-order valence-electron chi connectivity index (χ2n) is 4.29. The van der Waals surface area contributed by atoms with Gasteiger partial charge in [-0.05, 0) is 32.0 Å². The summed E-state index contributed by atoms with van der Waals surface area (Å²) < 4.78 is 0. The molecule has 2 rings (SSSR count). The predicted octanol–water partition coefficient (Wildman–Crippen LogP) is 4.35. The summed E-state index contributed by atoms with van der Waals surface area (Å²) in [5.41, 5.74) is 0.677. The molecule has 0 radical (unpaired) electrons. The van der Waals surface area contributed by atoms with Crippen molar-refractivity contribution in [2.75, 3.05) is 10.6 Å². The van der Waals surface area contributed by atoms with Gasteiger partial charge in [-0.3, -0.25) is 0 Å². The molecule has 1 heterocycles. The molecule has 0 aliphatic carbocycles. The number of anilines is 3. The molecule has 0 unspecified atom stereocenters. The highest BCUT2D eigenvalue weighted by atomic mass is 35.5. The van der Waals surface area contributed by atoms with E-state index in [0.717, 1.165) is 5.82 Å². The molecule has 2 aromatic rings. The summed E-state index contributed by atoms with van der Waals surface area (Å²) in [4.78, 5) is 8.49. The lowest BCUT2D eigenvalue weighted by atomic mass is 10.3. The number of nitrogens with zero attached hydrogens (tertiary/aromatic N) is 2. The molecular formula is C13H14Cl2N4. The van der Waals surface area contributed by atoms with Crippen LogP contribution in [0, 0.1) is 0 Å². The van der Waals surface area contributed by atoms with E-state index in [0.29, 0.717) is 27.7 Å². The summed E-state index contributed by atoms with van der Waals surface area (Å²) in [5.74, 6) is 1.22. The number of halogens is 2. The Balaban J connectivity index is 2.21. The van der Waals surface area contributed by atoms with E-state index >= 15 is 0 Å². The second-order valence-corrected chi connectivity index (χ2v) is 5.08. The molecule has 4 nitrogen and oxygen atoms in total. The van der Waals surface area contributed by atoms with E-state index in [1.807, 2.05) is 32.0 Å². The van der Waals surface area contributed by atoms with Crippen LogP contribution in [0.1, 0.15) is 13.8 Å². The van der Waals surface area contributed by atoms with Gasteiger partial charge in [-0.1, -0.05) is 29.3 Å². The third kappa shape index (κ3) is 3.72. The summed E-state index contributed by atoms with van der Waals surface area (Å²) >= 11 is 12.1. The maximum atomic E-state index is 6.10. The highest BCUT2D eigenvalue weighted by Gasteiger charge is 2.06. The van der Waals surface area contributed by atoms with Crippen LogP contribution >= 0.6 is 23.2 Å². The Kier molecular flexibility index (Phi) is 4.45. The Morgan fingerprint density at radius 3 is 2.68 bits per heavy atom. The highest BCUT2D eigenvalue weighted by molar-refractivity contribution is 6.43. The van der Waals surface area contributed by atoms with Gasteiger partial charge in [-0.15, -0.1) is 0 Å². The van der Waals surface area contributed by atoms with E-state index < -0.39 is 0 Å². The number of benzene rings is 1. The topological polar surface area (TPSA) is 49.8 Å². The molecule has 1 aromatic heterocycles. The minimum absolute atomic E-state index is 0.303. The first kappa shape index (κ1) is 13.9. The van der Waals surface area contributed by atoms with Crippen molar-refractivity contribution in [2.24, 2.45) is 0 Å². The second kappa shape index (κ2) is 6.08. The van der Waals surface area contributed by atoms with Gasteiger partial charge in [0.15, 0.2) is 0 Å². The quantitative estimate of drug-likeness (QED) is 0.881. The van der Waals surface area contributed by atoms with Crippen molar-refractivity contribution in [3.05, 3.63) is 40.5 Å². The number of hydrogen-bond donors (Lipinski definition) is 2. The first-order valence-electron chi connectivity index (χ1n) is 5.87. The fourth-order valence-electron chi connectivity index (χ4n) is 1.52. The van der Waals surface area contributed by atoms with Gasteiger partial charge in [0.25, 0.3) is 0 Å². The number of rotatable bonds is 4. The van der Waals surface area contributed by atoms with E-state index in [1.54, 1.807) is 12.3 Å². The third-order valence-electron chi connectivity index (χ3n) is 2.29. The van der Waals surface area contributed by atoms with Crippen LogP contribution in [-0.2, 0) is 0 Å². The van der Waals surface area contributed by atoms with Crippen LogP contribution in [0.3, 0.4) is 0 Å². The summed E-state index contributed by atoms with van der Waals surface area (Å²) in [5, 5.41) is 7.20. The van der Waals surface area contributed by atoms with Crippen molar-refractivity contribution in [1.82, 2.24) is 9.97 Å².